The summed E-state index contributed by atoms with van der Waals surface area (Å²) in [7, 11) is 0. The molecular formula is C17H36N2O2. The first kappa shape index (κ1) is 18.9. The largest absolute Gasteiger partial charge is 0.380 e. The fourth-order valence-electron chi connectivity index (χ4n) is 3.58. The number of ether oxygens (including phenoxy) is 2. The molecular weight excluding hydrogens is 264 g/mol. The van der Waals surface area contributed by atoms with Crippen molar-refractivity contribution in [3.8, 4) is 0 Å². The first-order valence-electron chi connectivity index (χ1n) is 8.73. The minimum absolute atomic E-state index is 0.302. The summed E-state index contributed by atoms with van der Waals surface area (Å²) in [5, 5.41) is 0. The van der Waals surface area contributed by atoms with Crippen molar-refractivity contribution in [2.24, 2.45) is 17.1 Å². The Morgan fingerprint density at radius 1 is 1.14 bits per heavy atom. The monoisotopic (exact) mass is 300 g/mol. The van der Waals surface area contributed by atoms with Gasteiger partial charge in [-0.15, -0.1) is 0 Å². The second-order valence-electron chi connectivity index (χ2n) is 6.58. The van der Waals surface area contributed by atoms with Crippen molar-refractivity contribution in [3.63, 3.8) is 0 Å². The van der Waals surface area contributed by atoms with Gasteiger partial charge in [0.25, 0.3) is 0 Å². The fraction of sp³-hybridized carbons (Fsp3) is 1.00. The second-order valence-corrected chi connectivity index (χ2v) is 6.58. The van der Waals surface area contributed by atoms with Gasteiger partial charge >= 0.3 is 0 Å². The smallest absolute Gasteiger partial charge is 0.0593 e. The van der Waals surface area contributed by atoms with Gasteiger partial charge in [0.15, 0.2) is 0 Å². The van der Waals surface area contributed by atoms with Gasteiger partial charge in [-0.3, -0.25) is 4.90 Å². The van der Waals surface area contributed by atoms with E-state index in [0.29, 0.717) is 5.41 Å². The molecule has 0 aromatic heterocycles. The van der Waals surface area contributed by atoms with Crippen LogP contribution in [0.4, 0.5) is 0 Å². The van der Waals surface area contributed by atoms with E-state index in [4.69, 9.17) is 15.2 Å². The van der Waals surface area contributed by atoms with Gasteiger partial charge in [-0.1, -0.05) is 19.8 Å². The average Bonchev–Trinajstić information content (AvgIpc) is 2.47. The Morgan fingerprint density at radius 2 is 1.76 bits per heavy atom. The Kier molecular flexibility index (Phi) is 9.49. The third-order valence-electron chi connectivity index (χ3n) is 4.69. The topological polar surface area (TPSA) is 47.7 Å². The third kappa shape index (κ3) is 7.09. The number of nitrogens with zero attached hydrogens (tertiary/aromatic N) is 1. The van der Waals surface area contributed by atoms with Crippen molar-refractivity contribution in [2.45, 2.75) is 46.5 Å². The molecule has 126 valence electrons. The standard InChI is InChI=1S/C17H36N2O2/c1-4-20-11-9-19(10-12-21-5-2)15-17(14-18)8-6-7-16(3)13-17/h16H,4-15,18H2,1-3H3. The van der Waals surface area contributed by atoms with Crippen LogP contribution in [-0.4, -0.2) is 57.5 Å². The Bertz CT molecular complexity index is 253. The van der Waals surface area contributed by atoms with Gasteiger partial charge < -0.3 is 15.2 Å². The lowest BCUT2D eigenvalue weighted by atomic mass is 9.69. The van der Waals surface area contributed by atoms with E-state index in [1.807, 2.05) is 0 Å². The molecule has 1 fully saturated rings. The zero-order chi connectivity index (χ0) is 15.6. The van der Waals surface area contributed by atoms with Crippen LogP contribution >= 0.6 is 0 Å². The Morgan fingerprint density at radius 3 is 2.24 bits per heavy atom. The SMILES string of the molecule is CCOCCN(CCOCC)CC1(CN)CCCC(C)C1. The van der Waals surface area contributed by atoms with Gasteiger partial charge in [-0.2, -0.15) is 0 Å². The molecule has 2 N–H and O–H groups in total. The zero-order valence-electron chi connectivity index (χ0n) is 14.4. The van der Waals surface area contributed by atoms with E-state index in [9.17, 15) is 0 Å². The molecule has 1 aliphatic carbocycles. The van der Waals surface area contributed by atoms with E-state index in [-0.39, 0.29) is 0 Å². The maximum Gasteiger partial charge on any atom is 0.0593 e. The highest BCUT2D eigenvalue weighted by atomic mass is 16.5. The van der Waals surface area contributed by atoms with Gasteiger partial charge in [-0.25, -0.2) is 0 Å². The van der Waals surface area contributed by atoms with E-state index in [1.165, 1.54) is 25.7 Å². The summed E-state index contributed by atoms with van der Waals surface area (Å²) in [5.74, 6) is 0.808. The molecule has 0 spiro atoms. The lowest BCUT2D eigenvalue weighted by Gasteiger charge is -2.42. The molecule has 0 amide bonds. The van der Waals surface area contributed by atoms with Crippen molar-refractivity contribution in [3.05, 3.63) is 0 Å². The predicted molar refractivity (Wildman–Crippen MR) is 88.5 cm³/mol. The predicted octanol–water partition coefficient (Wildman–Crippen LogP) is 2.52. The summed E-state index contributed by atoms with van der Waals surface area (Å²) in [6.07, 6.45) is 5.22. The van der Waals surface area contributed by atoms with Gasteiger partial charge in [0.05, 0.1) is 13.2 Å². The maximum atomic E-state index is 6.17. The Balaban J connectivity index is 2.53. The van der Waals surface area contributed by atoms with Crippen molar-refractivity contribution in [1.82, 2.24) is 4.90 Å². The fourth-order valence-corrected chi connectivity index (χ4v) is 3.58. The molecule has 0 radical (unpaired) electrons. The minimum Gasteiger partial charge on any atom is -0.380 e. The highest BCUT2D eigenvalue weighted by Crippen LogP contribution is 2.39. The molecule has 1 saturated carbocycles. The minimum atomic E-state index is 0.302. The van der Waals surface area contributed by atoms with Crippen LogP contribution in [-0.2, 0) is 9.47 Å². The molecule has 0 aromatic rings. The molecule has 21 heavy (non-hydrogen) atoms. The summed E-state index contributed by atoms with van der Waals surface area (Å²) < 4.78 is 11.1. The summed E-state index contributed by atoms with van der Waals surface area (Å²) in [6, 6.07) is 0. The highest BCUT2D eigenvalue weighted by molar-refractivity contribution is 4.89. The van der Waals surface area contributed by atoms with Crippen molar-refractivity contribution in [1.29, 1.82) is 0 Å². The van der Waals surface area contributed by atoms with Crippen LogP contribution in [0.5, 0.6) is 0 Å². The van der Waals surface area contributed by atoms with Gasteiger partial charge in [0.2, 0.25) is 0 Å². The molecule has 0 saturated heterocycles. The van der Waals surface area contributed by atoms with E-state index in [0.717, 1.165) is 58.5 Å². The van der Waals surface area contributed by atoms with Gasteiger partial charge in [0.1, 0.15) is 0 Å². The van der Waals surface area contributed by atoms with E-state index >= 15 is 0 Å². The van der Waals surface area contributed by atoms with Crippen LogP contribution in [0.1, 0.15) is 46.5 Å². The van der Waals surface area contributed by atoms with E-state index < -0.39 is 0 Å². The molecule has 0 bridgehead atoms. The molecule has 2 atom stereocenters. The van der Waals surface area contributed by atoms with Crippen molar-refractivity contribution < 1.29 is 9.47 Å². The Labute approximate surface area is 131 Å². The first-order valence-corrected chi connectivity index (χ1v) is 8.73. The molecule has 0 heterocycles. The van der Waals surface area contributed by atoms with Crippen LogP contribution in [0.25, 0.3) is 0 Å². The second kappa shape index (κ2) is 10.5. The molecule has 4 nitrogen and oxygen atoms in total. The lowest BCUT2D eigenvalue weighted by molar-refractivity contribution is 0.0406. The molecule has 4 heteroatoms. The summed E-state index contributed by atoms with van der Waals surface area (Å²) in [4.78, 5) is 2.50. The summed E-state index contributed by atoms with van der Waals surface area (Å²) in [5.41, 5.74) is 6.47. The zero-order valence-corrected chi connectivity index (χ0v) is 14.4. The van der Waals surface area contributed by atoms with Crippen LogP contribution in [0.3, 0.4) is 0 Å². The normalized spacial score (nSPS) is 26.4. The van der Waals surface area contributed by atoms with Crippen molar-refractivity contribution in [2.75, 3.05) is 52.6 Å². The summed E-state index contributed by atoms with van der Waals surface area (Å²) in [6.45, 7) is 13.5. The number of hydrogen-bond donors (Lipinski definition) is 1. The quantitative estimate of drug-likeness (QED) is 0.596. The molecule has 0 aliphatic heterocycles. The van der Waals surface area contributed by atoms with Gasteiger partial charge in [0, 0.05) is 32.8 Å². The van der Waals surface area contributed by atoms with Crippen LogP contribution in [0.15, 0.2) is 0 Å². The maximum absolute atomic E-state index is 6.17. The first-order chi connectivity index (χ1) is 10.2. The summed E-state index contributed by atoms with van der Waals surface area (Å²) >= 11 is 0. The van der Waals surface area contributed by atoms with Crippen molar-refractivity contribution >= 4 is 0 Å². The Hall–Kier alpha value is -0.160. The molecule has 0 aromatic carbocycles. The molecule has 2 unspecified atom stereocenters. The number of rotatable bonds is 11. The van der Waals surface area contributed by atoms with Crippen LogP contribution in [0.2, 0.25) is 0 Å². The van der Waals surface area contributed by atoms with E-state index in [2.05, 4.69) is 25.7 Å². The average molecular weight is 300 g/mol. The number of nitrogens with two attached hydrogens (primary N) is 1. The third-order valence-corrected chi connectivity index (χ3v) is 4.69. The highest BCUT2D eigenvalue weighted by Gasteiger charge is 2.35. The van der Waals surface area contributed by atoms with Crippen LogP contribution in [0, 0.1) is 11.3 Å². The lowest BCUT2D eigenvalue weighted by Crippen LogP contribution is -2.47. The van der Waals surface area contributed by atoms with Crippen LogP contribution < -0.4 is 5.73 Å². The number of hydrogen-bond acceptors (Lipinski definition) is 4. The van der Waals surface area contributed by atoms with Gasteiger partial charge in [-0.05, 0) is 44.6 Å². The molecule has 1 rings (SSSR count). The van der Waals surface area contributed by atoms with E-state index in [1.54, 1.807) is 0 Å². The molecule has 1 aliphatic rings.